The second-order valence-electron chi connectivity index (χ2n) is 2.39. The van der Waals surface area contributed by atoms with Crippen LogP contribution in [0.1, 0.15) is 13.3 Å². The van der Waals surface area contributed by atoms with Crippen LogP contribution in [0.3, 0.4) is 0 Å². The lowest BCUT2D eigenvalue weighted by atomic mass is 10.3. The molecule has 0 saturated carbocycles. The highest BCUT2D eigenvalue weighted by molar-refractivity contribution is 5.74. The number of carbonyl (C=O) groups excluding carboxylic acids is 1. The lowest BCUT2D eigenvalue weighted by molar-refractivity contribution is -0.157. The molecule has 2 atom stereocenters. The van der Waals surface area contributed by atoms with Crippen LogP contribution in [-0.4, -0.2) is 46.7 Å². The maximum absolute atomic E-state index is 10.7. The number of aliphatic hydroxyl groups excluding tert-OH is 3. The third kappa shape index (κ3) is 4.27. The van der Waals surface area contributed by atoms with Crippen molar-refractivity contribution in [1.29, 1.82) is 0 Å². The van der Waals surface area contributed by atoms with Crippen molar-refractivity contribution >= 4 is 5.97 Å². The summed E-state index contributed by atoms with van der Waals surface area (Å²) >= 11 is 0. The maximum atomic E-state index is 10.7. The van der Waals surface area contributed by atoms with Crippen molar-refractivity contribution in [2.75, 3.05) is 13.2 Å². The van der Waals surface area contributed by atoms with Gasteiger partial charge in [0.05, 0.1) is 6.61 Å². The van der Waals surface area contributed by atoms with Crippen LogP contribution in [0, 0.1) is 0 Å². The number of esters is 1. The summed E-state index contributed by atoms with van der Waals surface area (Å²) in [5.74, 6) is -0.773. The monoisotopic (exact) mass is 178 g/mol. The van der Waals surface area contributed by atoms with Gasteiger partial charge in [0.1, 0.15) is 12.7 Å². The molecular formula is C7H14O5. The summed E-state index contributed by atoms with van der Waals surface area (Å²) in [5.41, 5.74) is 0. The lowest BCUT2D eigenvalue weighted by Gasteiger charge is -2.10. The van der Waals surface area contributed by atoms with Crippen LogP contribution in [0.25, 0.3) is 0 Å². The van der Waals surface area contributed by atoms with Gasteiger partial charge in [-0.15, -0.1) is 0 Å². The smallest absolute Gasteiger partial charge is 0.335 e. The summed E-state index contributed by atoms with van der Waals surface area (Å²) in [6.45, 7) is 0.885. The SMILES string of the molecule is CCC(O)C(=O)OCC(O)CO. The van der Waals surface area contributed by atoms with E-state index >= 15 is 0 Å². The highest BCUT2D eigenvalue weighted by Gasteiger charge is 2.15. The number of carbonyl (C=O) groups is 1. The van der Waals surface area contributed by atoms with Gasteiger partial charge >= 0.3 is 5.97 Å². The normalized spacial score (nSPS) is 15.3. The van der Waals surface area contributed by atoms with Gasteiger partial charge in [0.2, 0.25) is 0 Å². The molecule has 0 radical (unpaired) electrons. The van der Waals surface area contributed by atoms with Crippen molar-refractivity contribution in [3.8, 4) is 0 Å². The molecule has 0 bridgehead atoms. The van der Waals surface area contributed by atoms with Crippen molar-refractivity contribution in [1.82, 2.24) is 0 Å². The van der Waals surface area contributed by atoms with Crippen LogP contribution in [0.5, 0.6) is 0 Å². The molecule has 0 aromatic heterocycles. The number of hydrogen-bond donors (Lipinski definition) is 3. The van der Waals surface area contributed by atoms with Crippen molar-refractivity contribution < 1.29 is 24.9 Å². The minimum Gasteiger partial charge on any atom is -0.461 e. The summed E-state index contributed by atoms with van der Waals surface area (Å²) in [7, 11) is 0. The minimum absolute atomic E-state index is 0.272. The first-order valence-electron chi connectivity index (χ1n) is 3.75. The number of ether oxygens (including phenoxy) is 1. The second kappa shape index (κ2) is 5.93. The molecule has 0 aromatic rings. The zero-order valence-corrected chi connectivity index (χ0v) is 6.93. The van der Waals surface area contributed by atoms with Gasteiger partial charge in [-0.3, -0.25) is 0 Å². The van der Waals surface area contributed by atoms with E-state index in [4.69, 9.17) is 15.3 Å². The van der Waals surface area contributed by atoms with Crippen LogP contribution in [0.2, 0.25) is 0 Å². The van der Waals surface area contributed by atoms with Gasteiger partial charge in [0.15, 0.2) is 6.10 Å². The molecule has 0 spiro atoms. The van der Waals surface area contributed by atoms with Crippen molar-refractivity contribution in [3.05, 3.63) is 0 Å². The molecule has 0 fully saturated rings. The third-order valence-corrected chi connectivity index (χ3v) is 1.29. The Hall–Kier alpha value is -0.650. The third-order valence-electron chi connectivity index (χ3n) is 1.29. The maximum Gasteiger partial charge on any atom is 0.335 e. The van der Waals surface area contributed by atoms with E-state index in [1.807, 2.05) is 0 Å². The minimum atomic E-state index is -1.14. The van der Waals surface area contributed by atoms with E-state index in [0.29, 0.717) is 0 Å². The van der Waals surface area contributed by atoms with Gasteiger partial charge < -0.3 is 20.1 Å². The van der Waals surface area contributed by atoms with Crippen molar-refractivity contribution in [2.45, 2.75) is 25.6 Å². The summed E-state index contributed by atoms with van der Waals surface area (Å²) in [4.78, 5) is 10.7. The lowest BCUT2D eigenvalue weighted by Crippen LogP contribution is -2.28. The molecule has 0 heterocycles. The Morgan fingerprint density at radius 3 is 2.50 bits per heavy atom. The first kappa shape index (κ1) is 11.4. The van der Waals surface area contributed by atoms with Gasteiger partial charge in [-0.05, 0) is 6.42 Å². The van der Waals surface area contributed by atoms with Gasteiger partial charge in [-0.2, -0.15) is 0 Å². The molecule has 12 heavy (non-hydrogen) atoms. The topological polar surface area (TPSA) is 87.0 Å². The first-order chi connectivity index (χ1) is 5.61. The Morgan fingerprint density at radius 1 is 1.50 bits per heavy atom. The van der Waals surface area contributed by atoms with Crippen LogP contribution in [0.15, 0.2) is 0 Å². The summed E-state index contributed by atoms with van der Waals surface area (Å²) in [5, 5.41) is 26.0. The molecule has 0 aliphatic carbocycles. The van der Waals surface area contributed by atoms with Gasteiger partial charge in [-0.1, -0.05) is 6.92 Å². The van der Waals surface area contributed by atoms with Crippen molar-refractivity contribution in [3.63, 3.8) is 0 Å². The van der Waals surface area contributed by atoms with E-state index in [1.165, 1.54) is 0 Å². The largest absolute Gasteiger partial charge is 0.461 e. The number of rotatable bonds is 5. The Kier molecular flexibility index (Phi) is 5.61. The molecule has 0 aliphatic heterocycles. The summed E-state index contributed by atoms with van der Waals surface area (Å²) in [6.07, 6.45) is -1.94. The summed E-state index contributed by atoms with van der Waals surface area (Å²) in [6, 6.07) is 0. The Labute approximate surface area is 70.6 Å². The molecule has 5 heteroatoms. The highest BCUT2D eigenvalue weighted by atomic mass is 16.6. The Balaban J connectivity index is 3.56. The fourth-order valence-electron chi connectivity index (χ4n) is 0.494. The van der Waals surface area contributed by atoms with Crippen LogP contribution >= 0.6 is 0 Å². The zero-order chi connectivity index (χ0) is 9.56. The molecule has 72 valence electrons. The van der Waals surface area contributed by atoms with Gasteiger partial charge in [0, 0.05) is 0 Å². The predicted octanol–water partition coefficient (Wildman–Crippen LogP) is -1.35. The molecule has 0 rings (SSSR count). The summed E-state index contributed by atoms with van der Waals surface area (Å²) < 4.78 is 4.45. The number of aliphatic hydroxyl groups is 3. The second-order valence-corrected chi connectivity index (χ2v) is 2.39. The van der Waals surface area contributed by atoms with E-state index in [2.05, 4.69) is 4.74 Å². The van der Waals surface area contributed by atoms with E-state index in [1.54, 1.807) is 6.92 Å². The van der Waals surface area contributed by atoms with Crippen LogP contribution in [-0.2, 0) is 9.53 Å². The van der Waals surface area contributed by atoms with Crippen LogP contribution < -0.4 is 0 Å². The number of hydrogen-bond acceptors (Lipinski definition) is 5. The fourth-order valence-corrected chi connectivity index (χ4v) is 0.494. The van der Waals surface area contributed by atoms with Crippen molar-refractivity contribution in [2.24, 2.45) is 0 Å². The van der Waals surface area contributed by atoms with Gasteiger partial charge in [0.25, 0.3) is 0 Å². The molecule has 2 unspecified atom stereocenters. The zero-order valence-electron chi connectivity index (χ0n) is 6.93. The quantitative estimate of drug-likeness (QED) is 0.453. The molecule has 0 aromatic carbocycles. The van der Waals surface area contributed by atoms with E-state index < -0.39 is 24.8 Å². The molecule has 3 N–H and O–H groups in total. The molecule has 0 saturated heterocycles. The standard InChI is InChI=1S/C7H14O5/c1-2-6(10)7(11)12-4-5(9)3-8/h5-6,8-10H,2-4H2,1H3. The molecular weight excluding hydrogens is 164 g/mol. The molecule has 5 nitrogen and oxygen atoms in total. The van der Waals surface area contributed by atoms with E-state index in [-0.39, 0.29) is 13.0 Å². The van der Waals surface area contributed by atoms with Gasteiger partial charge in [-0.25, -0.2) is 4.79 Å². The van der Waals surface area contributed by atoms with Crippen LogP contribution in [0.4, 0.5) is 0 Å². The predicted molar refractivity (Wildman–Crippen MR) is 40.3 cm³/mol. The molecule has 0 aliphatic rings. The molecule has 0 amide bonds. The van der Waals surface area contributed by atoms with E-state index in [9.17, 15) is 4.79 Å². The van der Waals surface area contributed by atoms with E-state index in [0.717, 1.165) is 0 Å². The Morgan fingerprint density at radius 2 is 2.08 bits per heavy atom. The average molecular weight is 178 g/mol. The average Bonchev–Trinajstić information content (AvgIpc) is 2.11. The first-order valence-corrected chi connectivity index (χ1v) is 3.75. The fraction of sp³-hybridized carbons (Fsp3) is 0.857. The highest BCUT2D eigenvalue weighted by Crippen LogP contribution is 1.94. The Bertz CT molecular complexity index is 136.